The van der Waals surface area contributed by atoms with Gasteiger partial charge in [0.1, 0.15) is 17.7 Å². The number of pyridine rings is 1. The number of nitrogens with zero attached hydrogens (tertiary/aromatic N) is 1. The number of nitrogens with one attached hydrogen (secondary N) is 3. The molecule has 0 radical (unpaired) electrons. The van der Waals surface area contributed by atoms with E-state index in [4.69, 9.17) is 5.84 Å². The number of carbonyl (C=O) groups excluding carboxylic acids is 1. The van der Waals surface area contributed by atoms with E-state index in [0.29, 0.717) is 18.2 Å². The van der Waals surface area contributed by atoms with Gasteiger partial charge in [0.2, 0.25) is 5.91 Å². The van der Waals surface area contributed by atoms with E-state index in [1.54, 1.807) is 25.1 Å². The van der Waals surface area contributed by atoms with Crippen LogP contribution in [0, 0.1) is 0 Å². The largest absolute Gasteiger partial charge is 0.359 e. The minimum atomic E-state index is -0.331. The number of anilines is 2. The van der Waals surface area contributed by atoms with Crippen molar-refractivity contribution in [2.75, 3.05) is 17.3 Å². The van der Waals surface area contributed by atoms with Crippen molar-refractivity contribution in [3.63, 3.8) is 0 Å². The Bertz CT molecular complexity index is 369. The minimum Gasteiger partial charge on any atom is -0.359 e. The number of hydrogen-bond acceptors (Lipinski definition) is 5. The van der Waals surface area contributed by atoms with Crippen LogP contribution in [0.2, 0.25) is 0 Å². The predicted octanol–water partition coefficient (Wildman–Crippen LogP) is 0.694. The zero-order valence-electron chi connectivity index (χ0n) is 10.2. The van der Waals surface area contributed by atoms with Crippen molar-refractivity contribution in [3.8, 4) is 0 Å². The van der Waals surface area contributed by atoms with Gasteiger partial charge in [0.15, 0.2) is 0 Å². The molecule has 0 spiro atoms. The topological polar surface area (TPSA) is 92.1 Å². The summed E-state index contributed by atoms with van der Waals surface area (Å²) in [5, 5.41) is 5.82. The zero-order valence-corrected chi connectivity index (χ0v) is 10.2. The van der Waals surface area contributed by atoms with Gasteiger partial charge in [-0.3, -0.25) is 4.79 Å². The van der Waals surface area contributed by atoms with E-state index in [1.165, 1.54) is 0 Å². The molecule has 6 nitrogen and oxygen atoms in total. The second-order valence-corrected chi connectivity index (χ2v) is 3.71. The Morgan fingerprint density at radius 2 is 2.18 bits per heavy atom. The lowest BCUT2D eigenvalue weighted by Crippen LogP contribution is -2.38. The number of carbonyl (C=O) groups is 1. The molecular formula is C11H19N5O. The van der Waals surface area contributed by atoms with E-state index in [1.807, 2.05) is 6.92 Å². The fraction of sp³-hybridized carbons (Fsp3) is 0.455. The maximum Gasteiger partial charge on any atom is 0.242 e. The maximum absolute atomic E-state index is 11.6. The Kier molecular flexibility index (Phi) is 5.22. The molecule has 0 aromatic carbocycles. The molecule has 94 valence electrons. The molecule has 0 aliphatic heterocycles. The highest BCUT2D eigenvalue weighted by Crippen LogP contribution is 2.08. The number of amides is 1. The van der Waals surface area contributed by atoms with Crippen molar-refractivity contribution in [1.29, 1.82) is 0 Å². The summed E-state index contributed by atoms with van der Waals surface area (Å²) in [4.78, 5) is 15.8. The molecule has 1 aromatic rings. The van der Waals surface area contributed by atoms with Gasteiger partial charge in [0.25, 0.3) is 0 Å². The lowest BCUT2D eigenvalue weighted by atomic mass is 10.3. The Balaban J connectivity index is 2.54. The van der Waals surface area contributed by atoms with Crippen molar-refractivity contribution in [3.05, 3.63) is 18.2 Å². The first-order valence-corrected chi connectivity index (χ1v) is 5.65. The number of rotatable bonds is 6. The van der Waals surface area contributed by atoms with Gasteiger partial charge in [-0.05, 0) is 25.5 Å². The van der Waals surface area contributed by atoms with Gasteiger partial charge >= 0.3 is 0 Å². The monoisotopic (exact) mass is 237 g/mol. The molecule has 17 heavy (non-hydrogen) atoms. The Labute approximate surface area is 101 Å². The molecule has 1 amide bonds. The fourth-order valence-electron chi connectivity index (χ4n) is 1.28. The third-order valence-electron chi connectivity index (χ3n) is 2.20. The maximum atomic E-state index is 11.6. The normalized spacial score (nSPS) is 11.7. The van der Waals surface area contributed by atoms with Crippen LogP contribution in [0.15, 0.2) is 18.2 Å². The molecule has 0 aliphatic rings. The molecule has 1 atom stereocenters. The van der Waals surface area contributed by atoms with Crippen LogP contribution < -0.4 is 21.9 Å². The van der Waals surface area contributed by atoms with E-state index in [9.17, 15) is 4.79 Å². The molecule has 1 aromatic heterocycles. The number of aromatic nitrogens is 1. The Morgan fingerprint density at radius 3 is 2.82 bits per heavy atom. The van der Waals surface area contributed by atoms with Crippen LogP contribution in [-0.4, -0.2) is 23.5 Å². The average molecular weight is 237 g/mol. The second-order valence-electron chi connectivity index (χ2n) is 3.71. The highest BCUT2D eigenvalue weighted by molar-refractivity contribution is 5.83. The molecule has 0 fully saturated rings. The zero-order chi connectivity index (χ0) is 12.7. The van der Waals surface area contributed by atoms with Gasteiger partial charge < -0.3 is 16.1 Å². The summed E-state index contributed by atoms with van der Waals surface area (Å²) in [6.45, 7) is 4.48. The van der Waals surface area contributed by atoms with Crippen molar-refractivity contribution in [2.24, 2.45) is 5.84 Å². The van der Waals surface area contributed by atoms with Gasteiger partial charge in [-0.2, -0.15) is 0 Å². The third kappa shape index (κ3) is 4.28. The van der Waals surface area contributed by atoms with Crippen molar-refractivity contribution in [2.45, 2.75) is 26.3 Å². The van der Waals surface area contributed by atoms with Gasteiger partial charge in [-0.1, -0.05) is 13.0 Å². The minimum absolute atomic E-state index is 0.0419. The van der Waals surface area contributed by atoms with Crippen LogP contribution in [0.1, 0.15) is 20.3 Å². The van der Waals surface area contributed by atoms with Crippen molar-refractivity contribution in [1.82, 2.24) is 10.3 Å². The predicted molar refractivity (Wildman–Crippen MR) is 68.4 cm³/mol. The lowest BCUT2D eigenvalue weighted by molar-refractivity contribution is -0.121. The highest BCUT2D eigenvalue weighted by Gasteiger charge is 2.11. The van der Waals surface area contributed by atoms with Gasteiger partial charge in [-0.25, -0.2) is 10.8 Å². The molecule has 0 bridgehead atoms. The number of nitrogen functional groups attached to an aromatic ring is 1. The average Bonchev–Trinajstić information content (AvgIpc) is 2.36. The lowest BCUT2D eigenvalue weighted by Gasteiger charge is -2.14. The summed E-state index contributed by atoms with van der Waals surface area (Å²) in [6, 6.07) is 5.00. The molecule has 1 unspecified atom stereocenters. The summed E-state index contributed by atoms with van der Waals surface area (Å²) >= 11 is 0. The number of nitrogens with two attached hydrogens (primary N) is 1. The summed E-state index contributed by atoms with van der Waals surface area (Å²) in [5.74, 6) is 6.38. The molecule has 6 heteroatoms. The number of hydrazine groups is 1. The third-order valence-corrected chi connectivity index (χ3v) is 2.20. The molecular weight excluding hydrogens is 218 g/mol. The summed E-state index contributed by atoms with van der Waals surface area (Å²) in [6.07, 6.45) is 0.920. The van der Waals surface area contributed by atoms with Gasteiger partial charge in [0.05, 0.1) is 0 Å². The molecule has 1 heterocycles. The Hall–Kier alpha value is -1.82. The Morgan fingerprint density at radius 1 is 1.47 bits per heavy atom. The molecule has 5 N–H and O–H groups in total. The second kappa shape index (κ2) is 6.70. The van der Waals surface area contributed by atoms with Crippen LogP contribution in [0.3, 0.4) is 0 Å². The quantitative estimate of drug-likeness (QED) is 0.431. The molecule has 0 aliphatic carbocycles. The van der Waals surface area contributed by atoms with Crippen LogP contribution in [0.4, 0.5) is 11.6 Å². The van der Waals surface area contributed by atoms with Crippen LogP contribution in [0.5, 0.6) is 0 Å². The van der Waals surface area contributed by atoms with Crippen molar-refractivity contribution >= 4 is 17.5 Å². The highest BCUT2D eigenvalue weighted by atomic mass is 16.2. The molecule has 1 rings (SSSR count). The van der Waals surface area contributed by atoms with E-state index >= 15 is 0 Å². The van der Waals surface area contributed by atoms with Crippen molar-refractivity contribution < 1.29 is 4.79 Å². The summed E-state index contributed by atoms with van der Waals surface area (Å²) in [5.41, 5.74) is 2.45. The SMILES string of the molecule is CCCNC(=O)C(C)Nc1cccc(NN)n1. The first kappa shape index (κ1) is 13.2. The first-order chi connectivity index (χ1) is 8.17. The smallest absolute Gasteiger partial charge is 0.242 e. The van der Waals surface area contributed by atoms with Crippen LogP contribution in [0.25, 0.3) is 0 Å². The fourth-order valence-corrected chi connectivity index (χ4v) is 1.28. The van der Waals surface area contributed by atoms with E-state index in [2.05, 4.69) is 21.0 Å². The van der Waals surface area contributed by atoms with E-state index < -0.39 is 0 Å². The standard InChI is InChI=1S/C11H19N5O/c1-3-7-13-11(17)8(2)14-9-5-4-6-10(15-9)16-12/h4-6,8H,3,7,12H2,1-2H3,(H,13,17)(H2,14,15,16). The summed E-state index contributed by atoms with van der Waals surface area (Å²) < 4.78 is 0. The molecule has 0 saturated carbocycles. The summed E-state index contributed by atoms with van der Waals surface area (Å²) in [7, 11) is 0. The van der Waals surface area contributed by atoms with Crippen LogP contribution in [-0.2, 0) is 4.79 Å². The van der Waals surface area contributed by atoms with Gasteiger partial charge in [-0.15, -0.1) is 0 Å². The van der Waals surface area contributed by atoms with E-state index in [0.717, 1.165) is 6.42 Å². The van der Waals surface area contributed by atoms with Gasteiger partial charge in [0, 0.05) is 6.54 Å². The van der Waals surface area contributed by atoms with E-state index in [-0.39, 0.29) is 11.9 Å². The van der Waals surface area contributed by atoms with Crippen LogP contribution >= 0.6 is 0 Å². The molecule has 0 saturated heterocycles. The first-order valence-electron chi connectivity index (χ1n) is 5.65. The number of hydrogen-bond donors (Lipinski definition) is 4.